The SMILES string of the molecule is CCOCCC1(CNC(=NC)NCc2ccccc2CN2CCCC2=O)CCCC1.I. The van der Waals surface area contributed by atoms with E-state index in [1.807, 2.05) is 11.9 Å². The number of nitrogens with one attached hydrogen (secondary N) is 2. The lowest BCUT2D eigenvalue weighted by molar-refractivity contribution is -0.128. The second kappa shape index (κ2) is 13.3. The van der Waals surface area contributed by atoms with Crippen molar-refractivity contribution in [3.63, 3.8) is 0 Å². The molecular weight excluding hydrogens is 503 g/mol. The van der Waals surface area contributed by atoms with Crippen molar-refractivity contribution in [2.75, 3.05) is 33.4 Å². The number of likely N-dealkylation sites (tertiary alicyclic amines) is 1. The van der Waals surface area contributed by atoms with Gasteiger partial charge < -0.3 is 20.3 Å². The first-order valence-corrected chi connectivity index (χ1v) is 11.5. The van der Waals surface area contributed by atoms with Gasteiger partial charge >= 0.3 is 0 Å². The van der Waals surface area contributed by atoms with Gasteiger partial charge in [-0.1, -0.05) is 37.1 Å². The van der Waals surface area contributed by atoms with E-state index in [9.17, 15) is 4.79 Å². The van der Waals surface area contributed by atoms with Crippen LogP contribution in [0.3, 0.4) is 0 Å². The molecule has 1 saturated carbocycles. The third kappa shape index (κ3) is 7.63. The third-order valence-corrected chi connectivity index (χ3v) is 6.60. The number of aliphatic imine (C=N–C) groups is 1. The number of rotatable bonds is 10. The zero-order chi connectivity index (χ0) is 21.2. The van der Waals surface area contributed by atoms with Gasteiger partial charge in [0.2, 0.25) is 5.91 Å². The smallest absolute Gasteiger partial charge is 0.222 e. The molecule has 2 N–H and O–H groups in total. The van der Waals surface area contributed by atoms with Gasteiger partial charge in [0.15, 0.2) is 5.96 Å². The van der Waals surface area contributed by atoms with Crippen LogP contribution < -0.4 is 10.6 Å². The maximum atomic E-state index is 12.0. The first-order valence-electron chi connectivity index (χ1n) is 11.5. The van der Waals surface area contributed by atoms with E-state index in [0.29, 0.717) is 24.9 Å². The fourth-order valence-electron chi connectivity index (χ4n) is 4.70. The van der Waals surface area contributed by atoms with Gasteiger partial charge in [-0.3, -0.25) is 9.79 Å². The van der Waals surface area contributed by atoms with Crippen molar-refractivity contribution in [2.45, 2.75) is 65.0 Å². The molecule has 6 nitrogen and oxygen atoms in total. The second-order valence-corrected chi connectivity index (χ2v) is 8.62. The Bertz CT molecular complexity index is 719. The summed E-state index contributed by atoms with van der Waals surface area (Å²) in [6.07, 6.45) is 7.90. The standard InChI is InChI=1S/C24H38N4O2.HI/c1-3-30-16-14-24(12-6-7-13-24)19-27-23(25-2)26-17-20-9-4-5-10-21(20)18-28-15-8-11-22(28)29;/h4-5,9-10H,3,6-8,11-19H2,1-2H3,(H2,25,26,27);1H. The molecule has 0 bridgehead atoms. The summed E-state index contributed by atoms with van der Waals surface area (Å²) in [7, 11) is 1.83. The molecule has 0 radical (unpaired) electrons. The molecule has 1 aromatic rings. The Morgan fingerprint density at radius 3 is 2.55 bits per heavy atom. The number of guanidine groups is 1. The van der Waals surface area contributed by atoms with E-state index in [0.717, 1.165) is 45.1 Å². The Morgan fingerprint density at radius 1 is 1.16 bits per heavy atom. The zero-order valence-corrected chi connectivity index (χ0v) is 21.5. The van der Waals surface area contributed by atoms with E-state index in [-0.39, 0.29) is 29.9 Å². The van der Waals surface area contributed by atoms with E-state index < -0.39 is 0 Å². The molecule has 174 valence electrons. The lowest BCUT2D eigenvalue weighted by atomic mass is 9.83. The Balaban J connectivity index is 0.00000341. The molecular formula is C24H39IN4O2. The Labute approximate surface area is 204 Å². The van der Waals surface area contributed by atoms with Crippen LogP contribution in [0.4, 0.5) is 0 Å². The van der Waals surface area contributed by atoms with Gasteiger partial charge in [-0.25, -0.2) is 0 Å². The van der Waals surface area contributed by atoms with E-state index in [4.69, 9.17) is 4.74 Å². The number of ether oxygens (including phenoxy) is 1. The monoisotopic (exact) mass is 542 g/mol. The minimum absolute atomic E-state index is 0. The molecule has 2 aliphatic rings. The van der Waals surface area contributed by atoms with Crippen LogP contribution in [0.2, 0.25) is 0 Å². The molecule has 0 atom stereocenters. The molecule has 1 amide bonds. The van der Waals surface area contributed by atoms with Crippen LogP contribution in [0.5, 0.6) is 0 Å². The van der Waals surface area contributed by atoms with Gasteiger partial charge in [0.1, 0.15) is 0 Å². The minimum Gasteiger partial charge on any atom is -0.382 e. The second-order valence-electron chi connectivity index (χ2n) is 8.62. The molecule has 1 aliphatic carbocycles. The average molecular weight is 543 g/mol. The largest absolute Gasteiger partial charge is 0.382 e. The summed E-state index contributed by atoms with van der Waals surface area (Å²) >= 11 is 0. The molecule has 1 saturated heterocycles. The summed E-state index contributed by atoms with van der Waals surface area (Å²) < 4.78 is 5.63. The molecule has 2 fully saturated rings. The molecule has 0 spiro atoms. The summed E-state index contributed by atoms with van der Waals surface area (Å²) in [6, 6.07) is 8.37. The van der Waals surface area contributed by atoms with E-state index in [2.05, 4.69) is 46.8 Å². The van der Waals surface area contributed by atoms with Crippen LogP contribution in [-0.4, -0.2) is 50.1 Å². The van der Waals surface area contributed by atoms with Crippen LogP contribution in [0, 0.1) is 5.41 Å². The zero-order valence-electron chi connectivity index (χ0n) is 19.1. The van der Waals surface area contributed by atoms with Gasteiger partial charge in [0, 0.05) is 52.9 Å². The van der Waals surface area contributed by atoms with Gasteiger partial charge in [0.05, 0.1) is 0 Å². The van der Waals surface area contributed by atoms with Gasteiger partial charge in [-0.2, -0.15) is 0 Å². The van der Waals surface area contributed by atoms with Crippen molar-refractivity contribution < 1.29 is 9.53 Å². The Morgan fingerprint density at radius 2 is 1.90 bits per heavy atom. The molecule has 31 heavy (non-hydrogen) atoms. The fourth-order valence-corrected chi connectivity index (χ4v) is 4.70. The van der Waals surface area contributed by atoms with Crippen LogP contribution in [-0.2, 0) is 22.6 Å². The van der Waals surface area contributed by atoms with Crippen molar-refractivity contribution in [3.05, 3.63) is 35.4 Å². The number of halogens is 1. The number of carbonyl (C=O) groups excluding carboxylic acids is 1. The third-order valence-electron chi connectivity index (χ3n) is 6.60. The number of amides is 1. The maximum absolute atomic E-state index is 12.0. The number of carbonyl (C=O) groups is 1. The Hall–Kier alpha value is -1.35. The number of benzene rings is 1. The van der Waals surface area contributed by atoms with Crippen LogP contribution in [0.1, 0.15) is 63.0 Å². The highest BCUT2D eigenvalue weighted by atomic mass is 127. The highest BCUT2D eigenvalue weighted by molar-refractivity contribution is 14.0. The minimum atomic E-state index is 0. The van der Waals surface area contributed by atoms with E-state index >= 15 is 0 Å². The highest BCUT2D eigenvalue weighted by Gasteiger charge is 2.33. The van der Waals surface area contributed by atoms with Gasteiger partial charge in [-0.15, -0.1) is 24.0 Å². The van der Waals surface area contributed by atoms with Crippen molar-refractivity contribution in [3.8, 4) is 0 Å². The topological polar surface area (TPSA) is 66.0 Å². The molecule has 0 unspecified atom stereocenters. The van der Waals surface area contributed by atoms with Crippen LogP contribution in [0.25, 0.3) is 0 Å². The molecule has 0 aromatic heterocycles. The van der Waals surface area contributed by atoms with Crippen LogP contribution in [0.15, 0.2) is 29.3 Å². The van der Waals surface area contributed by atoms with E-state index in [1.165, 1.54) is 36.8 Å². The summed E-state index contributed by atoms with van der Waals surface area (Å²) in [4.78, 5) is 18.4. The predicted molar refractivity (Wildman–Crippen MR) is 137 cm³/mol. The number of hydrogen-bond acceptors (Lipinski definition) is 3. The summed E-state index contributed by atoms with van der Waals surface area (Å²) in [6.45, 7) is 6.88. The van der Waals surface area contributed by atoms with Crippen molar-refractivity contribution in [2.24, 2.45) is 10.4 Å². The summed E-state index contributed by atoms with van der Waals surface area (Å²) in [5.74, 6) is 1.11. The van der Waals surface area contributed by atoms with Crippen molar-refractivity contribution in [1.82, 2.24) is 15.5 Å². The average Bonchev–Trinajstić information content (AvgIpc) is 3.39. The highest BCUT2D eigenvalue weighted by Crippen LogP contribution is 2.40. The predicted octanol–water partition coefficient (Wildman–Crippen LogP) is 4.08. The van der Waals surface area contributed by atoms with Crippen LogP contribution >= 0.6 is 24.0 Å². The summed E-state index contributed by atoms with van der Waals surface area (Å²) in [5.41, 5.74) is 2.74. The van der Waals surface area contributed by atoms with Crippen molar-refractivity contribution in [1.29, 1.82) is 0 Å². The van der Waals surface area contributed by atoms with Crippen molar-refractivity contribution >= 4 is 35.8 Å². The van der Waals surface area contributed by atoms with Gasteiger partial charge in [0.25, 0.3) is 0 Å². The molecule has 3 rings (SSSR count). The molecule has 1 aromatic carbocycles. The molecule has 7 heteroatoms. The molecule has 1 aliphatic heterocycles. The Kier molecular flexibility index (Phi) is 11.1. The quantitative estimate of drug-likeness (QED) is 0.203. The summed E-state index contributed by atoms with van der Waals surface area (Å²) in [5, 5.41) is 7.04. The number of nitrogens with zero attached hydrogens (tertiary/aromatic N) is 2. The maximum Gasteiger partial charge on any atom is 0.222 e. The van der Waals surface area contributed by atoms with E-state index in [1.54, 1.807) is 0 Å². The lowest BCUT2D eigenvalue weighted by Gasteiger charge is -2.30. The van der Waals surface area contributed by atoms with Gasteiger partial charge in [-0.05, 0) is 49.1 Å². The number of hydrogen-bond donors (Lipinski definition) is 2. The molecule has 1 heterocycles. The normalized spacial score (nSPS) is 18.2. The fraction of sp³-hybridized carbons (Fsp3) is 0.667. The first-order chi connectivity index (χ1) is 14.7. The lowest BCUT2D eigenvalue weighted by Crippen LogP contribution is -2.43. The first kappa shape index (κ1) is 25.9.